The second kappa shape index (κ2) is 6.09. The van der Waals surface area contributed by atoms with Gasteiger partial charge in [0.05, 0.1) is 4.88 Å². The Bertz CT molecular complexity index is 517. The summed E-state index contributed by atoms with van der Waals surface area (Å²) in [7, 11) is 0. The van der Waals surface area contributed by atoms with Gasteiger partial charge in [-0.25, -0.2) is 0 Å². The minimum atomic E-state index is 0.127. The van der Waals surface area contributed by atoms with E-state index in [1.165, 1.54) is 16.9 Å². The first-order valence-corrected chi connectivity index (χ1v) is 8.98. The first kappa shape index (κ1) is 15.0. The number of carbonyl (C=O) groups excluding carboxylic acids is 1. The second-order valence-corrected chi connectivity index (χ2v) is 8.29. The zero-order valence-electron chi connectivity index (χ0n) is 13.1. The summed E-state index contributed by atoms with van der Waals surface area (Å²) in [5, 5.41) is 6.56. The Morgan fingerprint density at radius 3 is 3.00 bits per heavy atom. The van der Waals surface area contributed by atoms with Crippen molar-refractivity contribution in [1.82, 2.24) is 10.6 Å². The van der Waals surface area contributed by atoms with E-state index in [1.54, 1.807) is 11.3 Å². The molecule has 1 aromatic heterocycles. The van der Waals surface area contributed by atoms with E-state index in [0.29, 0.717) is 0 Å². The van der Waals surface area contributed by atoms with Gasteiger partial charge in [0.25, 0.3) is 5.91 Å². The normalized spacial score (nSPS) is 24.4. The molecular weight excluding hydrogens is 280 g/mol. The lowest BCUT2D eigenvalue weighted by Crippen LogP contribution is -2.42. The molecule has 1 aliphatic heterocycles. The van der Waals surface area contributed by atoms with Crippen molar-refractivity contribution in [2.75, 3.05) is 19.6 Å². The maximum absolute atomic E-state index is 12.4. The second-order valence-electron chi connectivity index (χ2n) is 7.15. The molecule has 1 fully saturated rings. The molecule has 0 aromatic carbocycles. The van der Waals surface area contributed by atoms with Crippen molar-refractivity contribution >= 4 is 17.2 Å². The molecule has 4 heteroatoms. The van der Waals surface area contributed by atoms with E-state index in [1.807, 2.05) is 0 Å². The molecule has 1 saturated heterocycles. The molecule has 3 nitrogen and oxygen atoms in total. The Hall–Kier alpha value is -0.870. The van der Waals surface area contributed by atoms with Gasteiger partial charge in [-0.15, -0.1) is 11.3 Å². The van der Waals surface area contributed by atoms with Gasteiger partial charge in [0.1, 0.15) is 0 Å². The Labute approximate surface area is 131 Å². The van der Waals surface area contributed by atoms with Crippen LogP contribution in [0.1, 0.15) is 53.2 Å². The minimum absolute atomic E-state index is 0.127. The van der Waals surface area contributed by atoms with E-state index < -0.39 is 0 Å². The maximum atomic E-state index is 12.4. The SMILES string of the molecule is CC1CCc2sc(C(=O)NCC3(C)CCNCC3)cc2C1. The molecule has 21 heavy (non-hydrogen) atoms. The van der Waals surface area contributed by atoms with Crippen LogP contribution in [-0.4, -0.2) is 25.5 Å². The van der Waals surface area contributed by atoms with Crippen molar-refractivity contribution in [3.8, 4) is 0 Å². The van der Waals surface area contributed by atoms with Crippen LogP contribution in [0.4, 0.5) is 0 Å². The molecule has 0 spiro atoms. The number of amides is 1. The van der Waals surface area contributed by atoms with Gasteiger partial charge in [0.15, 0.2) is 0 Å². The van der Waals surface area contributed by atoms with Crippen molar-refractivity contribution in [3.63, 3.8) is 0 Å². The minimum Gasteiger partial charge on any atom is -0.351 e. The largest absolute Gasteiger partial charge is 0.351 e. The molecule has 0 bridgehead atoms. The number of piperidine rings is 1. The molecule has 1 amide bonds. The maximum Gasteiger partial charge on any atom is 0.261 e. The Morgan fingerprint density at radius 2 is 2.24 bits per heavy atom. The highest BCUT2D eigenvalue weighted by atomic mass is 32.1. The third-order valence-electron chi connectivity index (χ3n) is 5.04. The van der Waals surface area contributed by atoms with E-state index >= 15 is 0 Å². The van der Waals surface area contributed by atoms with Gasteiger partial charge >= 0.3 is 0 Å². The monoisotopic (exact) mass is 306 g/mol. The first-order chi connectivity index (χ1) is 10.1. The topological polar surface area (TPSA) is 41.1 Å². The lowest BCUT2D eigenvalue weighted by molar-refractivity contribution is 0.0926. The molecule has 1 aliphatic carbocycles. The quantitative estimate of drug-likeness (QED) is 0.901. The van der Waals surface area contributed by atoms with Crippen molar-refractivity contribution < 1.29 is 4.79 Å². The van der Waals surface area contributed by atoms with Gasteiger partial charge in [-0.2, -0.15) is 0 Å². The summed E-state index contributed by atoms with van der Waals surface area (Å²) < 4.78 is 0. The van der Waals surface area contributed by atoms with Gasteiger partial charge < -0.3 is 10.6 Å². The highest BCUT2D eigenvalue weighted by Gasteiger charge is 2.28. The highest BCUT2D eigenvalue weighted by Crippen LogP contribution is 2.32. The Kier molecular flexibility index (Phi) is 4.36. The number of fused-ring (bicyclic) bond motifs is 1. The standard InChI is InChI=1S/C17H26N2OS/c1-12-3-4-14-13(9-12)10-15(21-14)16(20)19-11-17(2)5-7-18-8-6-17/h10,12,18H,3-9,11H2,1-2H3,(H,19,20). The van der Waals surface area contributed by atoms with Gasteiger partial charge in [-0.05, 0) is 68.2 Å². The van der Waals surface area contributed by atoms with Crippen LogP contribution in [-0.2, 0) is 12.8 Å². The molecule has 1 unspecified atom stereocenters. The third kappa shape index (κ3) is 3.49. The van der Waals surface area contributed by atoms with Crippen LogP contribution in [0.2, 0.25) is 0 Å². The first-order valence-electron chi connectivity index (χ1n) is 8.16. The van der Waals surface area contributed by atoms with Crippen molar-refractivity contribution in [3.05, 3.63) is 21.4 Å². The molecule has 1 aromatic rings. The summed E-state index contributed by atoms with van der Waals surface area (Å²) in [4.78, 5) is 14.8. The number of thiophene rings is 1. The van der Waals surface area contributed by atoms with Crippen LogP contribution in [0.5, 0.6) is 0 Å². The molecule has 1 atom stereocenters. The molecule has 2 N–H and O–H groups in total. The van der Waals surface area contributed by atoms with Gasteiger partial charge in [-0.1, -0.05) is 13.8 Å². The van der Waals surface area contributed by atoms with Gasteiger partial charge in [0, 0.05) is 11.4 Å². The third-order valence-corrected chi connectivity index (χ3v) is 6.28. The van der Waals surface area contributed by atoms with Crippen LogP contribution < -0.4 is 10.6 Å². The molecule has 3 rings (SSSR count). The van der Waals surface area contributed by atoms with Crippen molar-refractivity contribution in [2.24, 2.45) is 11.3 Å². The van der Waals surface area contributed by atoms with E-state index in [-0.39, 0.29) is 11.3 Å². The predicted octanol–water partition coefficient (Wildman–Crippen LogP) is 2.99. The fourth-order valence-corrected chi connectivity index (χ4v) is 4.53. The van der Waals surface area contributed by atoms with Crippen LogP contribution >= 0.6 is 11.3 Å². The highest BCUT2D eigenvalue weighted by molar-refractivity contribution is 7.14. The lowest BCUT2D eigenvalue weighted by Gasteiger charge is -2.34. The van der Waals surface area contributed by atoms with Crippen LogP contribution in [0.15, 0.2) is 6.07 Å². The fraction of sp³-hybridized carbons (Fsp3) is 0.706. The van der Waals surface area contributed by atoms with E-state index in [9.17, 15) is 4.79 Å². The summed E-state index contributed by atoms with van der Waals surface area (Å²) in [5.41, 5.74) is 1.67. The summed E-state index contributed by atoms with van der Waals surface area (Å²) in [6, 6.07) is 2.13. The number of aryl methyl sites for hydroxylation is 1. The number of carbonyl (C=O) groups is 1. The summed E-state index contributed by atoms with van der Waals surface area (Å²) >= 11 is 1.71. The van der Waals surface area contributed by atoms with Crippen LogP contribution in [0.3, 0.4) is 0 Å². The summed E-state index contributed by atoms with van der Waals surface area (Å²) in [6.45, 7) is 7.52. The van der Waals surface area contributed by atoms with E-state index in [0.717, 1.165) is 56.1 Å². The van der Waals surface area contributed by atoms with Crippen LogP contribution in [0, 0.1) is 11.3 Å². The zero-order chi connectivity index (χ0) is 14.9. The van der Waals surface area contributed by atoms with Crippen LogP contribution in [0.25, 0.3) is 0 Å². The van der Waals surface area contributed by atoms with E-state index in [4.69, 9.17) is 0 Å². The van der Waals surface area contributed by atoms with Gasteiger partial charge in [-0.3, -0.25) is 4.79 Å². The fourth-order valence-electron chi connectivity index (χ4n) is 3.41. The number of hydrogen-bond acceptors (Lipinski definition) is 3. The molecule has 0 saturated carbocycles. The molecule has 2 heterocycles. The molecule has 2 aliphatic rings. The van der Waals surface area contributed by atoms with Crippen molar-refractivity contribution in [1.29, 1.82) is 0 Å². The summed E-state index contributed by atoms with van der Waals surface area (Å²) in [6.07, 6.45) is 5.84. The molecule has 116 valence electrons. The zero-order valence-corrected chi connectivity index (χ0v) is 13.9. The summed E-state index contributed by atoms with van der Waals surface area (Å²) in [5.74, 6) is 0.887. The Morgan fingerprint density at radius 1 is 1.48 bits per heavy atom. The lowest BCUT2D eigenvalue weighted by atomic mass is 9.81. The average molecular weight is 306 g/mol. The van der Waals surface area contributed by atoms with Crippen molar-refractivity contribution in [2.45, 2.75) is 46.0 Å². The number of hydrogen-bond donors (Lipinski definition) is 2. The predicted molar refractivity (Wildman–Crippen MR) is 88.1 cm³/mol. The number of nitrogens with one attached hydrogen (secondary N) is 2. The number of rotatable bonds is 3. The molecular formula is C17H26N2OS. The smallest absolute Gasteiger partial charge is 0.261 e. The Balaban J connectivity index is 1.60. The average Bonchev–Trinajstić information content (AvgIpc) is 2.88. The van der Waals surface area contributed by atoms with Gasteiger partial charge in [0.2, 0.25) is 0 Å². The molecule has 0 radical (unpaired) electrons. The van der Waals surface area contributed by atoms with E-state index in [2.05, 4.69) is 30.5 Å².